The molecule has 8 heteroatoms. The van der Waals surface area contributed by atoms with E-state index >= 15 is 0 Å². The molecule has 0 bridgehead atoms. The number of hydrogen-bond donors (Lipinski definition) is 1. The fourth-order valence-electron chi connectivity index (χ4n) is 4.68. The Morgan fingerprint density at radius 1 is 1.26 bits per heavy atom. The van der Waals surface area contributed by atoms with Crippen LogP contribution in [0.3, 0.4) is 0 Å². The monoisotopic (exact) mass is 444 g/mol. The van der Waals surface area contributed by atoms with E-state index in [0.717, 1.165) is 42.5 Å². The lowest BCUT2D eigenvalue weighted by atomic mass is 9.63. The van der Waals surface area contributed by atoms with Crippen molar-refractivity contribution in [1.29, 1.82) is 0 Å². The van der Waals surface area contributed by atoms with Crippen molar-refractivity contribution in [2.45, 2.75) is 44.1 Å². The van der Waals surface area contributed by atoms with Gasteiger partial charge in [-0.05, 0) is 37.0 Å². The standard InChI is InChI=1S/C23H29ClN4O3/c1-27-19-9-13-28(15-18(19)20(26-27)21(29)25-12-4-14-31-2)22(30)23(10-3-11-23)16-5-7-17(24)8-6-16/h5-8H,3-4,9-15H2,1-2H3,(H,25,29). The summed E-state index contributed by atoms with van der Waals surface area (Å²) in [4.78, 5) is 28.3. The predicted molar refractivity (Wildman–Crippen MR) is 118 cm³/mol. The number of rotatable bonds is 7. The minimum atomic E-state index is -0.479. The molecule has 0 spiro atoms. The zero-order valence-corrected chi connectivity index (χ0v) is 18.9. The van der Waals surface area contributed by atoms with Crippen molar-refractivity contribution in [2.24, 2.45) is 7.05 Å². The number of fused-ring (bicyclic) bond motifs is 1. The molecule has 0 saturated heterocycles. The second-order valence-corrected chi connectivity index (χ2v) is 8.86. The maximum Gasteiger partial charge on any atom is 0.272 e. The Hall–Kier alpha value is -2.38. The molecule has 1 fully saturated rings. The van der Waals surface area contributed by atoms with E-state index in [-0.39, 0.29) is 11.8 Å². The van der Waals surface area contributed by atoms with Gasteiger partial charge in [0.25, 0.3) is 5.91 Å². The van der Waals surface area contributed by atoms with Gasteiger partial charge >= 0.3 is 0 Å². The summed E-state index contributed by atoms with van der Waals surface area (Å²) in [5.74, 6) is -0.0552. The molecule has 4 rings (SSSR count). The van der Waals surface area contributed by atoms with Gasteiger partial charge in [-0.25, -0.2) is 0 Å². The van der Waals surface area contributed by atoms with Crippen molar-refractivity contribution in [1.82, 2.24) is 20.0 Å². The lowest BCUT2D eigenvalue weighted by molar-refractivity contribution is -0.142. The van der Waals surface area contributed by atoms with Gasteiger partial charge in [0.15, 0.2) is 5.69 Å². The topological polar surface area (TPSA) is 76.5 Å². The first-order valence-corrected chi connectivity index (χ1v) is 11.2. The Morgan fingerprint density at radius 2 is 2.00 bits per heavy atom. The van der Waals surface area contributed by atoms with Crippen molar-refractivity contribution >= 4 is 23.4 Å². The number of aryl methyl sites for hydroxylation is 1. The molecule has 2 aliphatic rings. The maximum absolute atomic E-state index is 13.7. The van der Waals surface area contributed by atoms with Crippen LogP contribution in [-0.2, 0) is 35.0 Å². The molecule has 1 saturated carbocycles. The highest BCUT2D eigenvalue weighted by atomic mass is 35.5. The van der Waals surface area contributed by atoms with Crippen LogP contribution >= 0.6 is 11.6 Å². The molecule has 2 amide bonds. The molecule has 2 aromatic rings. The fraction of sp³-hybridized carbons (Fsp3) is 0.522. The number of benzene rings is 1. The number of nitrogens with one attached hydrogen (secondary N) is 1. The van der Waals surface area contributed by atoms with Crippen molar-refractivity contribution in [2.75, 3.05) is 26.8 Å². The van der Waals surface area contributed by atoms with Crippen LogP contribution in [0.25, 0.3) is 0 Å². The van der Waals surface area contributed by atoms with Crippen LogP contribution in [0.1, 0.15) is 53.0 Å². The van der Waals surface area contributed by atoms with Crippen LogP contribution in [0.4, 0.5) is 0 Å². The summed E-state index contributed by atoms with van der Waals surface area (Å²) >= 11 is 6.06. The highest BCUT2D eigenvalue weighted by Gasteiger charge is 2.48. The summed E-state index contributed by atoms with van der Waals surface area (Å²) in [5, 5.41) is 8.06. The van der Waals surface area contributed by atoms with Gasteiger partial charge in [0, 0.05) is 63.1 Å². The lowest BCUT2D eigenvalue weighted by Crippen LogP contribution is -2.52. The molecule has 0 atom stereocenters. The van der Waals surface area contributed by atoms with Crippen LogP contribution in [0.5, 0.6) is 0 Å². The fourth-order valence-corrected chi connectivity index (χ4v) is 4.80. The normalized spacial score (nSPS) is 17.1. The molecule has 166 valence electrons. The van der Waals surface area contributed by atoms with Gasteiger partial charge in [-0.3, -0.25) is 14.3 Å². The van der Waals surface area contributed by atoms with Crippen molar-refractivity contribution in [3.63, 3.8) is 0 Å². The number of halogens is 1. The number of ether oxygens (including phenoxy) is 1. The Morgan fingerprint density at radius 3 is 2.65 bits per heavy atom. The largest absolute Gasteiger partial charge is 0.385 e. The van der Waals surface area contributed by atoms with Crippen molar-refractivity contribution < 1.29 is 14.3 Å². The van der Waals surface area contributed by atoms with Crippen LogP contribution in [0, 0.1) is 0 Å². The number of carbonyl (C=O) groups excluding carboxylic acids is 2. The molecule has 1 aliphatic heterocycles. The molecule has 31 heavy (non-hydrogen) atoms. The molecule has 2 heterocycles. The summed E-state index contributed by atoms with van der Waals surface area (Å²) in [7, 11) is 3.50. The zero-order chi connectivity index (χ0) is 22.0. The summed E-state index contributed by atoms with van der Waals surface area (Å²) in [5.41, 5.74) is 2.85. The molecule has 1 aromatic carbocycles. The van der Waals surface area contributed by atoms with E-state index in [1.807, 2.05) is 36.2 Å². The van der Waals surface area contributed by atoms with Gasteiger partial charge in [0.1, 0.15) is 0 Å². The first kappa shape index (κ1) is 21.8. The third-order valence-electron chi connectivity index (χ3n) is 6.57. The first-order valence-electron chi connectivity index (χ1n) is 10.8. The van der Waals surface area contributed by atoms with Crippen molar-refractivity contribution in [3.05, 3.63) is 51.8 Å². The van der Waals surface area contributed by atoms with Crippen LogP contribution < -0.4 is 5.32 Å². The summed E-state index contributed by atoms with van der Waals surface area (Å²) in [6.07, 6.45) is 4.16. The highest BCUT2D eigenvalue weighted by molar-refractivity contribution is 6.30. The van der Waals surface area contributed by atoms with Gasteiger partial charge in [0.2, 0.25) is 5.91 Å². The van der Waals surface area contributed by atoms with E-state index in [1.54, 1.807) is 11.8 Å². The minimum absolute atomic E-state index is 0.141. The molecule has 0 unspecified atom stereocenters. The smallest absolute Gasteiger partial charge is 0.272 e. The lowest BCUT2D eigenvalue weighted by Gasteiger charge is -2.45. The summed E-state index contributed by atoms with van der Waals surface area (Å²) < 4.78 is 6.81. The Balaban J connectivity index is 1.53. The second-order valence-electron chi connectivity index (χ2n) is 8.42. The summed E-state index contributed by atoms with van der Waals surface area (Å²) in [6.45, 7) is 2.17. The molecule has 1 aliphatic carbocycles. The Kier molecular flexibility index (Phi) is 6.34. The number of methoxy groups -OCH3 is 1. The van der Waals surface area contributed by atoms with Gasteiger partial charge in [-0.2, -0.15) is 5.10 Å². The molecule has 7 nitrogen and oxygen atoms in total. The van der Waals surface area contributed by atoms with Gasteiger partial charge < -0.3 is 15.0 Å². The first-order chi connectivity index (χ1) is 15.0. The van der Waals surface area contributed by atoms with Crippen molar-refractivity contribution in [3.8, 4) is 0 Å². The van der Waals surface area contributed by atoms with E-state index < -0.39 is 5.41 Å². The Labute approximate surface area is 187 Å². The predicted octanol–water partition coefficient (Wildman–Crippen LogP) is 2.85. The Bertz CT molecular complexity index is 966. The van der Waals surface area contributed by atoms with Crippen LogP contribution in [-0.4, -0.2) is 53.3 Å². The van der Waals surface area contributed by atoms with Crippen LogP contribution in [0.15, 0.2) is 24.3 Å². The van der Waals surface area contributed by atoms with E-state index in [1.165, 1.54) is 0 Å². The van der Waals surface area contributed by atoms with E-state index in [2.05, 4.69) is 10.4 Å². The molecular formula is C23H29ClN4O3. The minimum Gasteiger partial charge on any atom is -0.385 e. The van der Waals surface area contributed by atoms with Gasteiger partial charge in [-0.1, -0.05) is 30.2 Å². The summed E-state index contributed by atoms with van der Waals surface area (Å²) in [6, 6.07) is 7.65. The van der Waals surface area contributed by atoms with Gasteiger partial charge in [-0.15, -0.1) is 0 Å². The number of aromatic nitrogens is 2. The average molecular weight is 445 g/mol. The number of carbonyl (C=O) groups is 2. The molecule has 1 N–H and O–H groups in total. The number of amides is 2. The van der Waals surface area contributed by atoms with E-state index in [9.17, 15) is 9.59 Å². The average Bonchev–Trinajstić information content (AvgIpc) is 3.07. The maximum atomic E-state index is 13.7. The molecular weight excluding hydrogens is 416 g/mol. The number of hydrogen-bond acceptors (Lipinski definition) is 4. The highest BCUT2D eigenvalue weighted by Crippen LogP contribution is 2.46. The van der Waals surface area contributed by atoms with Crippen LogP contribution in [0.2, 0.25) is 5.02 Å². The van der Waals surface area contributed by atoms with E-state index in [4.69, 9.17) is 16.3 Å². The number of nitrogens with zero attached hydrogens (tertiary/aromatic N) is 3. The SMILES string of the molecule is COCCCNC(=O)c1nn(C)c2c1CN(C(=O)C1(c3ccc(Cl)cc3)CCC1)CC2. The second kappa shape index (κ2) is 9.01. The third kappa shape index (κ3) is 4.08. The molecule has 1 aromatic heterocycles. The van der Waals surface area contributed by atoms with Gasteiger partial charge in [0.05, 0.1) is 5.41 Å². The zero-order valence-electron chi connectivity index (χ0n) is 18.1. The third-order valence-corrected chi connectivity index (χ3v) is 6.82. The molecule has 0 radical (unpaired) electrons. The quantitative estimate of drug-likeness (QED) is 0.666. The van der Waals surface area contributed by atoms with E-state index in [0.29, 0.717) is 43.4 Å².